The molecule has 8 nitrogen and oxygen atoms in total. The molecule has 1 aromatic rings. The number of likely N-dealkylation sites (tertiary alicyclic amines) is 1. The van der Waals surface area contributed by atoms with E-state index in [0.29, 0.717) is 44.0 Å². The number of carbonyl (C=O) groups excluding carboxylic acids is 2. The second kappa shape index (κ2) is 9.94. The Kier molecular flexibility index (Phi) is 7.05. The average Bonchev–Trinajstić information content (AvgIpc) is 2.79. The second-order valence-corrected chi connectivity index (χ2v) is 9.68. The molecule has 3 aliphatic heterocycles. The van der Waals surface area contributed by atoms with Crippen molar-refractivity contribution in [3.63, 3.8) is 0 Å². The number of rotatable bonds is 4. The lowest BCUT2D eigenvalue weighted by atomic mass is 9.92. The van der Waals surface area contributed by atoms with E-state index < -0.39 is 0 Å². The molecule has 0 unspecified atom stereocenters. The molecule has 0 aromatic carbocycles. The van der Waals surface area contributed by atoms with Crippen LogP contribution in [0.1, 0.15) is 33.1 Å². The third kappa shape index (κ3) is 5.53. The molecule has 0 bridgehead atoms. The normalized spacial score (nSPS) is 27.9. The van der Waals surface area contributed by atoms with E-state index in [2.05, 4.69) is 33.6 Å². The van der Waals surface area contributed by atoms with Crippen molar-refractivity contribution >= 4 is 17.8 Å². The van der Waals surface area contributed by atoms with E-state index >= 15 is 0 Å². The Bertz CT molecular complexity index is 742. The molecule has 3 saturated heterocycles. The molecule has 3 atom stereocenters. The molecule has 1 aromatic heterocycles. The van der Waals surface area contributed by atoms with E-state index in [1.54, 1.807) is 12.4 Å². The Hall–Kier alpha value is -2.22. The van der Waals surface area contributed by atoms with Crippen LogP contribution in [0.25, 0.3) is 0 Å². The first kappa shape index (κ1) is 22.0. The van der Waals surface area contributed by atoms with Crippen molar-refractivity contribution in [1.82, 2.24) is 24.7 Å². The number of amides is 2. The zero-order valence-corrected chi connectivity index (χ0v) is 18.9. The molecule has 0 spiro atoms. The van der Waals surface area contributed by atoms with E-state index in [9.17, 15) is 9.59 Å². The summed E-state index contributed by atoms with van der Waals surface area (Å²) in [6.07, 6.45) is 6.61. The van der Waals surface area contributed by atoms with Gasteiger partial charge in [0.1, 0.15) is 0 Å². The monoisotopic (exact) mass is 428 g/mol. The largest absolute Gasteiger partial charge is 0.341 e. The van der Waals surface area contributed by atoms with Crippen LogP contribution in [0.5, 0.6) is 0 Å². The summed E-state index contributed by atoms with van der Waals surface area (Å²) in [5.74, 6) is 2.36. The summed E-state index contributed by atoms with van der Waals surface area (Å²) in [5.41, 5.74) is 0. The van der Waals surface area contributed by atoms with Crippen molar-refractivity contribution in [2.45, 2.75) is 33.1 Å². The number of nitrogens with zero attached hydrogens (tertiary/aromatic N) is 6. The molecule has 0 aliphatic carbocycles. The van der Waals surface area contributed by atoms with E-state index in [-0.39, 0.29) is 17.7 Å². The highest BCUT2D eigenvalue weighted by atomic mass is 16.2. The first-order valence-electron chi connectivity index (χ1n) is 11.8. The summed E-state index contributed by atoms with van der Waals surface area (Å²) in [7, 11) is 0. The SMILES string of the molecule is C[C@@H]1C[C@@H](C)CN(C(=O)CN2CCN(C(=O)[C@H]3CCCN(c4ncccn4)C3)CC2)C1. The van der Waals surface area contributed by atoms with Gasteiger partial charge in [-0.3, -0.25) is 14.5 Å². The van der Waals surface area contributed by atoms with Gasteiger partial charge in [-0.1, -0.05) is 13.8 Å². The van der Waals surface area contributed by atoms with E-state index in [4.69, 9.17) is 0 Å². The van der Waals surface area contributed by atoms with Crippen LogP contribution in [0.4, 0.5) is 5.95 Å². The standard InChI is InChI=1S/C23H36N6O2/c1-18-13-19(2)15-29(14-18)21(30)17-26-9-11-27(12-10-26)22(31)20-5-3-8-28(16-20)23-24-6-4-7-25-23/h4,6-7,18-20H,3,5,8-17H2,1-2H3/t18-,19-,20+/m1/s1. The first-order valence-corrected chi connectivity index (χ1v) is 11.8. The predicted molar refractivity (Wildman–Crippen MR) is 120 cm³/mol. The van der Waals surface area contributed by atoms with E-state index in [1.807, 2.05) is 15.9 Å². The summed E-state index contributed by atoms with van der Waals surface area (Å²) in [6.45, 7) is 11.2. The number of piperazine rings is 1. The molecule has 4 heterocycles. The number of carbonyl (C=O) groups is 2. The first-order chi connectivity index (χ1) is 15.0. The van der Waals surface area contributed by atoms with Gasteiger partial charge in [0.05, 0.1) is 12.5 Å². The number of hydrogen-bond acceptors (Lipinski definition) is 6. The minimum absolute atomic E-state index is 0.00191. The topological polar surface area (TPSA) is 72.9 Å². The van der Waals surface area contributed by atoms with Crippen molar-refractivity contribution in [3.05, 3.63) is 18.5 Å². The lowest BCUT2D eigenvalue weighted by molar-refractivity contribution is -0.139. The molecule has 8 heteroatoms. The Morgan fingerprint density at radius 2 is 1.61 bits per heavy atom. The molecule has 170 valence electrons. The van der Waals surface area contributed by atoms with Crippen LogP contribution in [0, 0.1) is 17.8 Å². The minimum atomic E-state index is 0.00191. The summed E-state index contributed by atoms with van der Waals surface area (Å²) < 4.78 is 0. The lowest BCUT2D eigenvalue weighted by Crippen LogP contribution is -2.55. The van der Waals surface area contributed by atoms with Crippen molar-refractivity contribution in [2.75, 3.05) is 63.8 Å². The highest BCUT2D eigenvalue weighted by Gasteiger charge is 2.33. The van der Waals surface area contributed by atoms with Crippen LogP contribution in [0.2, 0.25) is 0 Å². The van der Waals surface area contributed by atoms with Gasteiger partial charge in [-0.05, 0) is 37.2 Å². The highest BCUT2D eigenvalue weighted by Crippen LogP contribution is 2.23. The molecule has 4 rings (SSSR count). The van der Waals surface area contributed by atoms with Crippen LogP contribution >= 0.6 is 0 Å². The third-order valence-corrected chi connectivity index (χ3v) is 6.87. The van der Waals surface area contributed by atoms with Gasteiger partial charge in [0, 0.05) is 64.8 Å². The maximum atomic E-state index is 13.1. The zero-order valence-electron chi connectivity index (χ0n) is 18.9. The van der Waals surface area contributed by atoms with Crippen molar-refractivity contribution < 1.29 is 9.59 Å². The van der Waals surface area contributed by atoms with E-state index in [0.717, 1.165) is 45.6 Å². The van der Waals surface area contributed by atoms with E-state index in [1.165, 1.54) is 6.42 Å². The molecule has 31 heavy (non-hydrogen) atoms. The van der Waals surface area contributed by atoms with Gasteiger partial charge in [-0.15, -0.1) is 0 Å². The number of piperidine rings is 2. The third-order valence-electron chi connectivity index (χ3n) is 6.87. The smallest absolute Gasteiger partial charge is 0.236 e. The minimum Gasteiger partial charge on any atom is -0.341 e. The molecule has 0 saturated carbocycles. The molecule has 3 aliphatic rings. The molecular formula is C23H36N6O2. The maximum Gasteiger partial charge on any atom is 0.236 e. The zero-order chi connectivity index (χ0) is 21.8. The number of hydrogen-bond donors (Lipinski definition) is 0. The van der Waals surface area contributed by atoms with Crippen molar-refractivity contribution in [1.29, 1.82) is 0 Å². The van der Waals surface area contributed by atoms with Gasteiger partial charge < -0.3 is 14.7 Å². The maximum absolute atomic E-state index is 13.1. The molecule has 2 amide bonds. The van der Waals surface area contributed by atoms with Gasteiger partial charge in [-0.2, -0.15) is 0 Å². The summed E-state index contributed by atoms with van der Waals surface area (Å²) in [5, 5.41) is 0. The predicted octanol–water partition coefficient (Wildman–Crippen LogP) is 1.34. The number of anilines is 1. The second-order valence-electron chi connectivity index (χ2n) is 9.68. The van der Waals surface area contributed by atoms with Gasteiger partial charge >= 0.3 is 0 Å². The Labute approximate surface area is 185 Å². The van der Waals surface area contributed by atoms with Gasteiger partial charge in [0.15, 0.2) is 0 Å². The summed E-state index contributed by atoms with van der Waals surface area (Å²) >= 11 is 0. The Morgan fingerprint density at radius 1 is 0.935 bits per heavy atom. The molecule has 3 fully saturated rings. The van der Waals surface area contributed by atoms with Gasteiger partial charge in [0.2, 0.25) is 17.8 Å². The molecular weight excluding hydrogens is 392 g/mol. The van der Waals surface area contributed by atoms with Crippen molar-refractivity contribution in [2.24, 2.45) is 17.8 Å². The Balaban J connectivity index is 1.24. The average molecular weight is 429 g/mol. The van der Waals surface area contributed by atoms with Gasteiger partial charge in [0.25, 0.3) is 0 Å². The van der Waals surface area contributed by atoms with Crippen LogP contribution < -0.4 is 4.90 Å². The fourth-order valence-corrected chi connectivity index (χ4v) is 5.36. The molecule has 0 N–H and O–H groups in total. The fourth-order valence-electron chi connectivity index (χ4n) is 5.36. The lowest BCUT2D eigenvalue weighted by Gasteiger charge is -2.40. The van der Waals surface area contributed by atoms with Crippen LogP contribution in [-0.2, 0) is 9.59 Å². The Morgan fingerprint density at radius 3 is 2.29 bits per heavy atom. The van der Waals surface area contributed by atoms with Crippen molar-refractivity contribution in [3.8, 4) is 0 Å². The fraction of sp³-hybridized carbons (Fsp3) is 0.739. The molecule has 0 radical (unpaired) electrons. The van der Waals surface area contributed by atoms with Crippen LogP contribution in [-0.4, -0.2) is 95.4 Å². The quantitative estimate of drug-likeness (QED) is 0.721. The van der Waals surface area contributed by atoms with Gasteiger partial charge in [-0.25, -0.2) is 9.97 Å². The van der Waals surface area contributed by atoms with Crippen LogP contribution in [0.3, 0.4) is 0 Å². The summed E-state index contributed by atoms with van der Waals surface area (Å²) in [4.78, 5) is 43.0. The highest BCUT2D eigenvalue weighted by molar-refractivity contribution is 5.80. The summed E-state index contributed by atoms with van der Waals surface area (Å²) in [6, 6.07) is 1.81. The van der Waals surface area contributed by atoms with Crippen LogP contribution in [0.15, 0.2) is 18.5 Å². The number of aromatic nitrogens is 2.